The number of nitrogens with two attached hydrogens (primary N) is 1. The first-order valence-corrected chi connectivity index (χ1v) is 16.4. The molecule has 0 fully saturated rings. The van der Waals surface area contributed by atoms with Crippen molar-refractivity contribution in [3.05, 3.63) is 102 Å². The van der Waals surface area contributed by atoms with Gasteiger partial charge in [0.05, 0.1) is 22.0 Å². The van der Waals surface area contributed by atoms with Crippen LogP contribution in [0.4, 0.5) is 34.1 Å². The molecular weight excluding hydrogens is 694 g/mol. The normalized spacial score (nSPS) is 11.8. The van der Waals surface area contributed by atoms with E-state index in [1.807, 2.05) is 0 Å². The number of fused-ring (bicyclic) bond motifs is 1. The van der Waals surface area contributed by atoms with Crippen molar-refractivity contribution < 1.29 is 35.8 Å². The number of phenolic OH excluding ortho intramolecular Hbond substituents is 1. The molecule has 5 aromatic rings. The molecule has 0 spiro atoms. The van der Waals surface area contributed by atoms with Gasteiger partial charge in [0, 0.05) is 81.4 Å². The van der Waals surface area contributed by atoms with Gasteiger partial charge in [-0.25, -0.2) is 0 Å². The van der Waals surface area contributed by atoms with Crippen LogP contribution in [0.15, 0.2) is 115 Å². The number of nitrogens with zero attached hydrogens (tertiary/aromatic N) is 4. The molecule has 18 heteroatoms. The number of aromatic hydroxyl groups is 1. The Bertz CT molecular complexity index is 2370. The fourth-order valence-corrected chi connectivity index (χ4v) is 5.76. The Labute approximate surface area is 325 Å². The molecule has 49 heavy (non-hydrogen) atoms. The van der Waals surface area contributed by atoms with Gasteiger partial charge in [-0.05, 0) is 109 Å². The molecule has 0 unspecified atom stereocenters. The zero-order valence-electron chi connectivity index (χ0n) is 26.6. The Kier molecular flexibility index (Phi) is 13.0. The maximum atomic E-state index is 12.7. The van der Waals surface area contributed by atoms with Gasteiger partial charge in [0.15, 0.2) is 5.75 Å². The summed E-state index contributed by atoms with van der Waals surface area (Å²) in [4.78, 5) is 11.7. The van der Waals surface area contributed by atoms with Gasteiger partial charge in [0.25, 0.3) is 26.1 Å². The van der Waals surface area contributed by atoms with E-state index in [9.17, 15) is 35.8 Å². The number of carbonyl (C=O) groups is 1. The van der Waals surface area contributed by atoms with Gasteiger partial charge < -0.3 is 16.2 Å². The molecule has 5 rings (SSSR count). The van der Waals surface area contributed by atoms with E-state index >= 15 is 0 Å². The van der Waals surface area contributed by atoms with Crippen LogP contribution in [0.1, 0.15) is 21.5 Å². The first-order valence-electron chi connectivity index (χ1n) is 13.6. The number of nitrogen functional groups attached to an aromatic ring is 1. The first-order chi connectivity index (χ1) is 22.1. The predicted molar refractivity (Wildman–Crippen MR) is 186 cm³/mol. The molecule has 14 nitrogen and oxygen atoms in total. The van der Waals surface area contributed by atoms with E-state index in [0.29, 0.717) is 33.8 Å². The number of phenols is 1. The standard InChI is InChI=1S/C31H26N6O8S2.2Na/c1-17-12-23(34-35-27-11-8-24(13-18(27)2)46(40,41)42)7-10-26(17)36-37-29-28(47(43,44)45)16-20-15-22(6-9-25(20)30(29)38)33-31(39)19-4-3-5-21(32)14-19;;/h3-16,38H,32H2,1-2H3,(H,33,39)(H,40,41,42)(H,43,44,45);;. The second-order valence-corrected chi connectivity index (χ2v) is 13.2. The van der Waals surface area contributed by atoms with Crippen LogP contribution >= 0.6 is 0 Å². The van der Waals surface area contributed by atoms with E-state index in [1.54, 1.807) is 44.2 Å². The van der Waals surface area contributed by atoms with Gasteiger partial charge in [-0.3, -0.25) is 13.9 Å². The molecule has 0 atom stereocenters. The molecule has 1 amide bonds. The molecule has 0 aromatic heterocycles. The Morgan fingerprint density at radius 2 is 1.39 bits per heavy atom. The number of carbonyl (C=O) groups excluding carboxylic acids is 1. The first kappa shape index (κ1) is 39.9. The fraction of sp³-hybridized carbons (Fsp3) is 0.0645. The zero-order valence-corrected chi connectivity index (χ0v) is 32.3. The number of hydrogen-bond acceptors (Lipinski definition) is 11. The summed E-state index contributed by atoms with van der Waals surface area (Å²) in [5.74, 6) is -1.03. The van der Waals surface area contributed by atoms with Crippen molar-refractivity contribution in [3.8, 4) is 5.75 Å². The molecule has 0 saturated heterocycles. The SMILES string of the molecule is Cc1cc(S(=O)(=O)O)ccc1N=Nc1ccc(N=Nc2c(S(=O)(=O)O)cc3cc(NC(=O)c4cccc(N)c4)ccc3c2O)c(C)c1.[Na].[Na]. The number of amides is 1. The molecular formula is C31H26N6Na2O8S2. The van der Waals surface area contributed by atoms with E-state index < -0.39 is 42.5 Å². The van der Waals surface area contributed by atoms with Crippen LogP contribution in [0.5, 0.6) is 5.75 Å². The largest absolute Gasteiger partial charge is 0.505 e. The second kappa shape index (κ2) is 16.0. The maximum absolute atomic E-state index is 12.7. The smallest absolute Gasteiger partial charge is 0.296 e. The maximum Gasteiger partial charge on any atom is 0.296 e. The van der Waals surface area contributed by atoms with Crippen molar-refractivity contribution in [2.75, 3.05) is 11.1 Å². The number of azo groups is 2. The zero-order chi connectivity index (χ0) is 34.1. The summed E-state index contributed by atoms with van der Waals surface area (Å²) < 4.78 is 66.5. The van der Waals surface area contributed by atoms with Crippen LogP contribution in [-0.2, 0) is 20.2 Å². The summed E-state index contributed by atoms with van der Waals surface area (Å²) in [6, 6.07) is 20.4. The molecule has 0 bridgehead atoms. The minimum absolute atomic E-state index is 0. The summed E-state index contributed by atoms with van der Waals surface area (Å²) in [5.41, 5.74) is 8.33. The van der Waals surface area contributed by atoms with Gasteiger partial charge in [0.2, 0.25) is 0 Å². The van der Waals surface area contributed by atoms with E-state index in [-0.39, 0.29) is 86.2 Å². The number of benzene rings is 5. The van der Waals surface area contributed by atoms with Crippen LogP contribution in [0.3, 0.4) is 0 Å². The number of hydrogen-bond donors (Lipinski definition) is 5. The topological polar surface area (TPSA) is 234 Å². The van der Waals surface area contributed by atoms with Crippen LogP contribution in [-0.4, -0.2) is 96.1 Å². The molecule has 0 aliphatic carbocycles. The molecule has 0 aliphatic heterocycles. The fourth-order valence-electron chi connectivity index (χ4n) is 4.54. The van der Waals surface area contributed by atoms with Gasteiger partial charge in [-0.2, -0.15) is 32.2 Å². The number of anilines is 2. The van der Waals surface area contributed by atoms with Gasteiger partial charge in [0.1, 0.15) is 10.6 Å². The van der Waals surface area contributed by atoms with Crippen molar-refractivity contribution in [1.82, 2.24) is 0 Å². The molecule has 6 N–H and O–H groups in total. The quantitative estimate of drug-likeness (QED) is 0.0505. The van der Waals surface area contributed by atoms with E-state index in [2.05, 4.69) is 25.8 Å². The predicted octanol–water partition coefficient (Wildman–Crippen LogP) is 6.56. The average molecular weight is 721 g/mol. The molecule has 242 valence electrons. The van der Waals surface area contributed by atoms with E-state index in [1.165, 1.54) is 48.5 Å². The van der Waals surface area contributed by atoms with Crippen LogP contribution in [0.2, 0.25) is 0 Å². The Hall–Kier alpha value is -3.55. The van der Waals surface area contributed by atoms with E-state index in [4.69, 9.17) is 5.73 Å². The molecule has 0 heterocycles. The number of aryl methyl sites for hydroxylation is 2. The minimum atomic E-state index is -4.89. The number of rotatable bonds is 8. The Balaban J connectivity index is 0.00000325. The molecule has 0 saturated carbocycles. The van der Waals surface area contributed by atoms with Crippen molar-refractivity contribution in [3.63, 3.8) is 0 Å². The second-order valence-electron chi connectivity index (χ2n) is 10.4. The van der Waals surface area contributed by atoms with Crippen molar-refractivity contribution >= 4 is 130 Å². The monoisotopic (exact) mass is 720 g/mol. The summed E-state index contributed by atoms with van der Waals surface area (Å²) in [5, 5.41) is 30.4. The van der Waals surface area contributed by atoms with Crippen LogP contribution in [0.25, 0.3) is 10.8 Å². The average Bonchev–Trinajstić information content (AvgIpc) is 2.99. The minimum Gasteiger partial charge on any atom is -0.505 e. The van der Waals surface area contributed by atoms with Gasteiger partial charge in [-0.1, -0.05) is 6.07 Å². The van der Waals surface area contributed by atoms with Crippen molar-refractivity contribution in [2.24, 2.45) is 20.5 Å². The summed E-state index contributed by atoms with van der Waals surface area (Å²) in [6.45, 7) is 3.30. The van der Waals surface area contributed by atoms with Crippen LogP contribution < -0.4 is 11.1 Å². The molecule has 5 aromatic carbocycles. The number of nitrogens with one attached hydrogen (secondary N) is 1. The molecule has 0 aliphatic rings. The summed E-state index contributed by atoms with van der Waals surface area (Å²) in [6.07, 6.45) is 0. The summed E-state index contributed by atoms with van der Waals surface area (Å²) in [7, 11) is -9.25. The van der Waals surface area contributed by atoms with Crippen LogP contribution in [0, 0.1) is 13.8 Å². The van der Waals surface area contributed by atoms with E-state index in [0.717, 1.165) is 6.07 Å². The molecule has 2 radical (unpaired) electrons. The Morgan fingerprint density at radius 3 is 2.00 bits per heavy atom. The third-order valence-electron chi connectivity index (χ3n) is 6.91. The van der Waals surface area contributed by atoms with Gasteiger partial charge >= 0.3 is 0 Å². The van der Waals surface area contributed by atoms with Crippen molar-refractivity contribution in [2.45, 2.75) is 23.6 Å². The van der Waals surface area contributed by atoms with Gasteiger partial charge in [-0.15, -0.1) is 5.11 Å². The third-order valence-corrected chi connectivity index (χ3v) is 8.63. The third kappa shape index (κ3) is 9.58. The Morgan fingerprint density at radius 1 is 0.735 bits per heavy atom. The van der Waals surface area contributed by atoms with Crippen molar-refractivity contribution in [1.29, 1.82) is 0 Å². The summed E-state index contributed by atoms with van der Waals surface area (Å²) >= 11 is 0.